The van der Waals surface area contributed by atoms with E-state index in [0.717, 1.165) is 28.5 Å². The lowest BCUT2D eigenvalue weighted by Crippen LogP contribution is -2.23. The van der Waals surface area contributed by atoms with Crippen molar-refractivity contribution in [3.63, 3.8) is 0 Å². The van der Waals surface area contributed by atoms with Gasteiger partial charge < -0.3 is 10.2 Å². The molecule has 1 aromatic heterocycles. The highest BCUT2D eigenvalue weighted by Gasteiger charge is 2.20. The summed E-state index contributed by atoms with van der Waals surface area (Å²) in [5.74, 6) is 0.725. The molecular formula is C21H25N5OS. The van der Waals surface area contributed by atoms with Crippen molar-refractivity contribution in [2.45, 2.75) is 31.2 Å². The number of anilines is 2. The second kappa shape index (κ2) is 8.48. The average Bonchev–Trinajstić information content (AvgIpc) is 3.02. The molecule has 0 saturated carbocycles. The van der Waals surface area contributed by atoms with Crippen LogP contribution in [0.25, 0.3) is 5.69 Å². The molecule has 0 radical (unpaired) electrons. The van der Waals surface area contributed by atoms with Crippen LogP contribution in [-0.2, 0) is 4.79 Å². The standard InChI is InChI=1S/C21H25N5OS/c1-14-8-6-7-9-19(14)26-16(3)23-24-21(26)28-15(2)20(27)22-17-10-12-18(13-11-17)25(4)5/h6-13,15H,1-5H3,(H,22,27). The molecule has 7 heteroatoms. The van der Waals surface area contributed by atoms with Crippen LogP contribution in [0.5, 0.6) is 0 Å². The van der Waals surface area contributed by atoms with Gasteiger partial charge in [0.15, 0.2) is 5.16 Å². The first kappa shape index (κ1) is 19.9. The van der Waals surface area contributed by atoms with Gasteiger partial charge >= 0.3 is 0 Å². The SMILES string of the molecule is Cc1ccccc1-n1c(C)nnc1SC(C)C(=O)Nc1ccc(N(C)C)cc1. The zero-order chi connectivity index (χ0) is 20.3. The summed E-state index contributed by atoms with van der Waals surface area (Å²) in [5, 5.41) is 11.9. The molecule has 146 valence electrons. The Morgan fingerprint density at radius 2 is 1.75 bits per heavy atom. The zero-order valence-electron chi connectivity index (χ0n) is 16.8. The number of hydrogen-bond donors (Lipinski definition) is 1. The number of nitrogens with one attached hydrogen (secondary N) is 1. The second-order valence-electron chi connectivity index (χ2n) is 6.84. The van der Waals surface area contributed by atoms with E-state index in [0.29, 0.717) is 5.16 Å². The molecule has 28 heavy (non-hydrogen) atoms. The van der Waals surface area contributed by atoms with E-state index in [2.05, 4.69) is 28.5 Å². The predicted molar refractivity (Wildman–Crippen MR) is 116 cm³/mol. The first-order valence-electron chi connectivity index (χ1n) is 9.09. The van der Waals surface area contributed by atoms with Crippen molar-refractivity contribution in [3.8, 4) is 5.69 Å². The van der Waals surface area contributed by atoms with Crippen molar-refractivity contribution in [1.29, 1.82) is 0 Å². The van der Waals surface area contributed by atoms with Crippen LogP contribution in [-0.4, -0.2) is 40.0 Å². The minimum Gasteiger partial charge on any atom is -0.378 e. The van der Waals surface area contributed by atoms with Crippen LogP contribution in [0.3, 0.4) is 0 Å². The second-order valence-corrected chi connectivity index (χ2v) is 8.15. The summed E-state index contributed by atoms with van der Waals surface area (Å²) in [5.41, 5.74) is 4.02. The third-order valence-electron chi connectivity index (χ3n) is 4.45. The van der Waals surface area contributed by atoms with E-state index in [1.165, 1.54) is 11.8 Å². The molecule has 0 bridgehead atoms. The van der Waals surface area contributed by atoms with Gasteiger partial charge in [-0.3, -0.25) is 9.36 Å². The van der Waals surface area contributed by atoms with E-state index in [4.69, 9.17) is 0 Å². The van der Waals surface area contributed by atoms with Crippen molar-refractivity contribution in [3.05, 3.63) is 59.9 Å². The van der Waals surface area contributed by atoms with Gasteiger partial charge in [-0.2, -0.15) is 0 Å². The number of aromatic nitrogens is 3. The van der Waals surface area contributed by atoms with Gasteiger partial charge in [0.25, 0.3) is 0 Å². The number of aryl methyl sites for hydroxylation is 2. The monoisotopic (exact) mass is 395 g/mol. The zero-order valence-corrected chi connectivity index (χ0v) is 17.6. The first-order valence-corrected chi connectivity index (χ1v) is 9.97. The van der Waals surface area contributed by atoms with Gasteiger partial charge in [0.1, 0.15) is 5.82 Å². The van der Waals surface area contributed by atoms with E-state index in [1.807, 2.05) is 79.9 Å². The third-order valence-corrected chi connectivity index (χ3v) is 5.50. The Kier molecular flexibility index (Phi) is 6.04. The Labute approximate surface area is 170 Å². The maximum Gasteiger partial charge on any atom is 0.237 e. The number of carbonyl (C=O) groups excluding carboxylic acids is 1. The van der Waals surface area contributed by atoms with Gasteiger partial charge in [-0.25, -0.2) is 0 Å². The summed E-state index contributed by atoms with van der Waals surface area (Å²) in [7, 11) is 3.97. The van der Waals surface area contributed by atoms with Gasteiger partial charge in [0, 0.05) is 25.5 Å². The van der Waals surface area contributed by atoms with Crippen LogP contribution < -0.4 is 10.2 Å². The molecule has 0 aliphatic rings. The summed E-state index contributed by atoms with van der Waals surface area (Å²) >= 11 is 1.40. The van der Waals surface area contributed by atoms with Crippen LogP contribution in [0.4, 0.5) is 11.4 Å². The number of nitrogens with zero attached hydrogens (tertiary/aromatic N) is 4. The number of rotatable bonds is 6. The molecule has 1 heterocycles. The van der Waals surface area contributed by atoms with Crippen LogP contribution >= 0.6 is 11.8 Å². The van der Waals surface area contributed by atoms with Crippen molar-refractivity contribution in [2.75, 3.05) is 24.3 Å². The average molecular weight is 396 g/mol. The smallest absolute Gasteiger partial charge is 0.237 e. The molecule has 0 fully saturated rings. The van der Waals surface area contributed by atoms with Crippen LogP contribution in [0.2, 0.25) is 0 Å². The molecule has 3 rings (SSSR count). The summed E-state index contributed by atoms with van der Waals surface area (Å²) in [6, 6.07) is 15.8. The molecule has 0 aliphatic carbocycles. The molecule has 1 N–H and O–H groups in total. The normalized spacial score (nSPS) is 11.9. The molecule has 1 atom stereocenters. The van der Waals surface area contributed by atoms with Crippen LogP contribution in [0.15, 0.2) is 53.7 Å². The number of amides is 1. The fraction of sp³-hybridized carbons (Fsp3) is 0.286. The van der Waals surface area contributed by atoms with E-state index in [9.17, 15) is 4.79 Å². The molecule has 1 unspecified atom stereocenters. The van der Waals surface area contributed by atoms with Crippen molar-refractivity contribution in [1.82, 2.24) is 14.8 Å². The lowest BCUT2D eigenvalue weighted by molar-refractivity contribution is -0.115. The summed E-state index contributed by atoms with van der Waals surface area (Å²) in [6.07, 6.45) is 0. The fourth-order valence-electron chi connectivity index (χ4n) is 2.81. The molecule has 0 saturated heterocycles. The maximum atomic E-state index is 12.7. The molecule has 2 aromatic carbocycles. The van der Waals surface area contributed by atoms with Gasteiger partial charge in [0.2, 0.25) is 5.91 Å². The van der Waals surface area contributed by atoms with Gasteiger partial charge in [-0.15, -0.1) is 10.2 Å². The predicted octanol–water partition coefficient (Wildman–Crippen LogP) is 4.07. The van der Waals surface area contributed by atoms with Gasteiger partial charge in [0.05, 0.1) is 10.9 Å². The Balaban J connectivity index is 1.74. The largest absolute Gasteiger partial charge is 0.378 e. The molecule has 1 amide bonds. The molecular weight excluding hydrogens is 370 g/mol. The summed E-state index contributed by atoms with van der Waals surface area (Å²) in [6.45, 7) is 5.84. The van der Waals surface area contributed by atoms with Gasteiger partial charge in [-0.1, -0.05) is 30.0 Å². The highest BCUT2D eigenvalue weighted by molar-refractivity contribution is 8.00. The minimum absolute atomic E-state index is 0.0698. The Morgan fingerprint density at radius 1 is 1.07 bits per heavy atom. The van der Waals surface area contributed by atoms with Gasteiger partial charge in [-0.05, 0) is 56.7 Å². The lowest BCUT2D eigenvalue weighted by atomic mass is 10.2. The summed E-state index contributed by atoms with van der Waals surface area (Å²) in [4.78, 5) is 14.7. The van der Waals surface area contributed by atoms with E-state index < -0.39 is 0 Å². The Morgan fingerprint density at radius 3 is 2.39 bits per heavy atom. The van der Waals surface area contributed by atoms with Crippen LogP contribution in [0.1, 0.15) is 18.3 Å². The van der Waals surface area contributed by atoms with Crippen molar-refractivity contribution >= 4 is 29.0 Å². The minimum atomic E-state index is -0.320. The number of thioether (sulfide) groups is 1. The van der Waals surface area contributed by atoms with Crippen LogP contribution in [0, 0.1) is 13.8 Å². The fourth-order valence-corrected chi connectivity index (χ4v) is 3.72. The molecule has 0 spiro atoms. The van der Waals surface area contributed by atoms with E-state index in [1.54, 1.807) is 0 Å². The Bertz CT molecular complexity index is 965. The number of benzene rings is 2. The quantitative estimate of drug-likeness (QED) is 0.638. The third kappa shape index (κ3) is 4.36. The van der Waals surface area contributed by atoms with E-state index >= 15 is 0 Å². The van der Waals surface area contributed by atoms with Crippen molar-refractivity contribution < 1.29 is 4.79 Å². The highest BCUT2D eigenvalue weighted by Crippen LogP contribution is 2.27. The maximum absolute atomic E-state index is 12.7. The van der Waals surface area contributed by atoms with E-state index in [-0.39, 0.29) is 11.2 Å². The van der Waals surface area contributed by atoms with Crippen molar-refractivity contribution in [2.24, 2.45) is 0 Å². The first-order chi connectivity index (χ1) is 13.4. The topological polar surface area (TPSA) is 63.1 Å². The molecule has 6 nitrogen and oxygen atoms in total. The highest BCUT2D eigenvalue weighted by atomic mass is 32.2. The number of para-hydroxylation sites is 1. The molecule has 3 aromatic rings. The Hall–Kier alpha value is -2.80. The molecule has 0 aliphatic heterocycles. The number of hydrogen-bond acceptors (Lipinski definition) is 5. The lowest BCUT2D eigenvalue weighted by Gasteiger charge is -2.15. The number of carbonyl (C=O) groups is 1. The summed E-state index contributed by atoms with van der Waals surface area (Å²) < 4.78 is 2.00.